The van der Waals surface area contributed by atoms with E-state index in [1.807, 2.05) is 0 Å². The van der Waals surface area contributed by atoms with Gasteiger partial charge < -0.3 is 11.3 Å². The largest absolute Gasteiger partial charge is 0.478 e. The zero-order valence-corrected chi connectivity index (χ0v) is 7.56. The predicted octanol–water partition coefficient (Wildman–Crippen LogP) is 1.76. The van der Waals surface area contributed by atoms with Crippen LogP contribution in [-0.2, 0) is 0 Å². The number of nitro benzene ring substituents is 1. The van der Waals surface area contributed by atoms with E-state index in [2.05, 4.69) is 0 Å². The average Bonchev–Trinajstić information content (AvgIpc) is 2.03. The van der Waals surface area contributed by atoms with Gasteiger partial charge in [-0.1, -0.05) is 6.07 Å². The van der Waals surface area contributed by atoms with E-state index in [0.29, 0.717) is 0 Å². The van der Waals surface area contributed by atoms with Crippen molar-refractivity contribution in [1.82, 2.24) is 6.15 Å². The fourth-order valence-electron chi connectivity index (χ4n) is 1.05. The van der Waals surface area contributed by atoms with Gasteiger partial charge in [-0.2, -0.15) is 0 Å². The number of carboxylic acid groups (broad SMARTS) is 1. The molecule has 0 aliphatic rings. The van der Waals surface area contributed by atoms with Crippen molar-refractivity contribution in [2.75, 3.05) is 0 Å². The van der Waals surface area contributed by atoms with Gasteiger partial charge in [0.05, 0.1) is 10.5 Å². The van der Waals surface area contributed by atoms with Crippen LogP contribution < -0.4 is 6.15 Å². The van der Waals surface area contributed by atoms with Crippen molar-refractivity contribution in [3.8, 4) is 0 Å². The van der Waals surface area contributed by atoms with Gasteiger partial charge in [0.1, 0.15) is 0 Å². The average molecular weight is 198 g/mol. The van der Waals surface area contributed by atoms with Crippen molar-refractivity contribution >= 4 is 11.7 Å². The van der Waals surface area contributed by atoms with Crippen molar-refractivity contribution in [1.29, 1.82) is 0 Å². The molecule has 0 aromatic heterocycles. The first-order valence-electron chi connectivity index (χ1n) is 3.51. The van der Waals surface area contributed by atoms with Crippen LogP contribution in [0.4, 0.5) is 5.69 Å². The lowest BCUT2D eigenvalue weighted by Gasteiger charge is -2.00. The van der Waals surface area contributed by atoms with E-state index < -0.39 is 10.9 Å². The Bertz CT molecular complexity index is 343. The van der Waals surface area contributed by atoms with Gasteiger partial charge in [0, 0.05) is 11.6 Å². The minimum Gasteiger partial charge on any atom is -0.478 e. The number of hydrogen-bond donors (Lipinski definition) is 2. The number of aromatic carboxylic acids is 1. The van der Waals surface area contributed by atoms with Gasteiger partial charge in [-0.25, -0.2) is 4.79 Å². The number of benzene rings is 1. The molecule has 0 aliphatic heterocycles. The van der Waals surface area contributed by atoms with Gasteiger partial charge >= 0.3 is 5.97 Å². The smallest absolute Gasteiger partial charge is 0.336 e. The lowest BCUT2D eigenvalue weighted by Crippen LogP contribution is -2.02. The summed E-state index contributed by atoms with van der Waals surface area (Å²) in [4.78, 5) is 20.4. The molecule has 6 heteroatoms. The predicted molar refractivity (Wildman–Crippen MR) is 49.8 cm³/mol. The lowest BCUT2D eigenvalue weighted by molar-refractivity contribution is -0.385. The number of nitrogens with zero attached hydrogens (tertiary/aromatic N) is 1. The molecule has 6 nitrogen and oxygen atoms in total. The van der Waals surface area contributed by atoms with Crippen LogP contribution in [0.25, 0.3) is 0 Å². The van der Waals surface area contributed by atoms with Crippen LogP contribution in [0.1, 0.15) is 15.9 Å². The van der Waals surface area contributed by atoms with Crippen LogP contribution in [0.3, 0.4) is 0 Å². The quantitative estimate of drug-likeness (QED) is 0.554. The molecule has 1 rings (SSSR count). The molecule has 0 radical (unpaired) electrons. The van der Waals surface area contributed by atoms with E-state index in [1.165, 1.54) is 25.1 Å². The van der Waals surface area contributed by atoms with E-state index in [1.54, 1.807) is 0 Å². The third-order valence-corrected chi connectivity index (χ3v) is 1.73. The van der Waals surface area contributed by atoms with Crippen LogP contribution >= 0.6 is 0 Å². The Morgan fingerprint density at radius 1 is 1.50 bits per heavy atom. The molecular formula is C8H10N2O4. The number of hydrogen-bond acceptors (Lipinski definition) is 4. The van der Waals surface area contributed by atoms with E-state index in [0.717, 1.165) is 0 Å². The minimum absolute atomic E-state index is 0. The summed E-state index contributed by atoms with van der Waals surface area (Å²) in [6.07, 6.45) is 0. The molecule has 0 spiro atoms. The second kappa shape index (κ2) is 4.33. The van der Waals surface area contributed by atoms with Crippen molar-refractivity contribution in [2.24, 2.45) is 0 Å². The van der Waals surface area contributed by atoms with Crippen molar-refractivity contribution in [2.45, 2.75) is 6.92 Å². The molecule has 0 amide bonds. The summed E-state index contributed by atoms with van der Waals surface area (Å²) in [6.45, 7) is 1.42. The van der Waals surface area contributed by atoms with Crippen LogP contribution in [0.5, 0.6) is 0 Å². The highest BCUT2D eigenvalue weighted by Gasteiger charge is 2.16. The highest BCUT2D eigenvalue weighted by Crippen LogP contribution is 2.20. The number of carbonyl (C=O) groups is 1. The highest BCUT2D eigenvalue weighted by molar-refractivity contribution is 5.90. The van der Waals surface area contributed by atoms with Crippen LogP contribution in [0.15, 0.2) is 18.2 Å². The topological polar surface area (TPSA) is 115 Å². The number of rotatable bonds is 2. The molecule has 1 aromatic rings. The first-order valence-corrected chi connectivity index (χ1v) is 3.51. The fraction of sp³-hybridized carbons (Fsp3) is 0.125. The molecule has 0 saturated heterocycles. The molecule has 14 heavy (non-hydrogen) atoms. The number of nitro groups is 1. The second-order valence-corrected chi connectivity index (χ2v) is 2.51. The standard InChI is InChI=1S/C8H7NO4.H3N/c1-5-6(8(10)11)3-2-4-7(5)9(12)13;/h2-4H,1H3,(H,10,11);1H3. The zero-order chi connectivity index (χ0) is 10.0. The maximum Gasteiger partial charge on any atom is 0.336 e. The summed E-state index contributed by atoms with van der Waals surface area (Å²) < 4.78 is 0. The van der Waals surface area contributed by atoms with Gasteiger partial charge in [0.15, 0.2) is 0 Å². The van der Waals surface area contributed by atoms with E-state index >= 15 is 0 Å². The fourth-order valence-corrected chi connectivity index (χ4v) is 1.05. The highest BCUT2D eigenvalue weighted by atomic mass is 16.6. The minimum atomic E-state index is -1.15. The normalized spacial score (nSPS) is 8.93. The monoisotopic (exact) mass is 198 g/mol. The van der Waals surface area contributed by atoms with E-state index in [4.69, 9.17) is 5.11 Å². The third-order valence-electron chi connectivity index (χ3n) is 1.73. The molecule has 0 atom stereocenters. The van der Waals surface area contributed by atoms with E-state index in [-0.39, 0.29) is 23.0 Å². The Labute approximate surface area is 79.9 Å². The second-order valence-electron chi connectivity index (χ2n) is 2.51. The summed E-state index contributed by atoms with van der Waals surface area (Å²) >= 11 is 0. The first kappa shape index (κ1) is 12.0. The van der Waals surface area contributed by atoms with Crippen molar-refractivity contribution in [3.63, 3.8) is 0 Å². The molecular weight excluding hydrogens is 188 g/mol. The molecule has 0 heterocycles. The summed E-state index contributed by atoms with van der Waals surface area (Å²) in [5.41, 5.74) is -0.0194. The zero-order valence-electron chi connectivity index (χ0n) is 7.56. The molecule has 0 fully saturated rings. The molecule has 0 bridgehead atoms. The lowest BCUT2D eigenvalue weighted by atomic mass is 10.1. The van der Waals surface area contributed by atoms with Crippen LogP contribution in [0, 0.1) is 17.0 Å². The summed E-state index contributed by atoms with van der Waals surface area (Å²) in [7, 11) is 0. The maximum absolute atomic E-state index is 10.6. The Morgan fingerprint density at radius 3 is 2.50 bits per heavy atom. The molecule has 1 aromatic carbocycles. The Kier molecular flexibility index (Phi) is 3.73. The maximum atomic E-state index is 10.6. The Morgan fingerprint density at radius 2 is 2.07 bits per heavy atom. The Balaban J connectivity index is 0.00000169. The molecule has 4 N–H and O–H groups in total. The SMILES string of the molecule is Cc1c(C(=O)O)cccc1[N+](=O)[O-].N. The van der Waals surface area contributed by atoms with Crippen molar-refractivity contribution in [3.05, 3.63) is 39.4 Å². The van der Waals surface area contributed by atoms with Crippen molar-refractivity contribution < 1.29 is 14.8 Å². The van der Waals surface area contributed by atoms with Gasteiger partial charge in [-0.15, -0.1) is 0 Å². The summed E-state index contributed by atoms with van der Waals surface area (Å²) in [5, 5.41) is 19.1. The van der Waals surface area contributed by atoms with Gasteiger partial charge in [-0.3, -0.25) is 10.1 Å². The molecule has 0 aliphatic carbocycles. The molecule has 76 valence electrons. The van der Waals surface area contributed by atoms with Gasteiger partial charge in [0.2, 0.25) is 0 Å². The molecule has 0 unspecified atom stereocenters. The van der Waals surface area contributed by atoms with Gasteiger partial charge in [0.25, 0.3) is 5.69 Å². The first-order chi connectivity index (χ1) is 6.04. The molecule has 0 saturated carbocycles. The van der Waals surface area contributed by atoms with Crippen LogP contribution in [0.2, 0.25) is 0 Å². The Hall–Kier alpha value is -1.95. The third kappa shape index (κ3) is 2.05. The van der Waals surface area contributed by atoms with Gasteiger partial charge in [-0.05, 0) is 13.0 Å². The summed E-state index contributed by atoms with van der Waals surface area (Å²) in [6, 6.07) is 3.97. The summed E-state index contributed by atoms with van der Waals surface area (Å²) in [5.74, 6) is -1.15. The van der Waals surface area contributed by atoms with E-state index in [9.17, 15) is 14.9 Å². The van der Waals surface area contributed by atoms with Crippen LogP contribution in [-0.4, -0.2) is 16.0 Å². The number of carboxylic acids is 1.